The van der Waals surface area contributed by atoms with Crippen LogP contribution in [0.5, 0.6) is 0 Å². The number of carbonyl (C=O) groups excluding carboxylic acids is 2. The molecule has 4 aromatic rings. The van der Waals surface area contributed by atoms with Gasteiger partial charge in [0, 0.05) is 17.5 Å². The fourth-order valence-corrected chi connectivity index (χ4v) is 4.31. The quantitative estimate of drug-likeness (QED) is 0.219. The molecule has 0 radical (unpaired) electrons. The number of esters is 1. The Kier molecular flexibility index (Phi) is 6.67. The minimum Gasteiger partial charge on any atom is -0.465 e. The third-order valence-electron chi connectivity index (χ3n) is 5.00. The second kappa shape index (κ2) is 9.98. The molecule has 0 saturated carbocycles. The van der Waals surface area contributed by atoms with Crippen LogP contribution in [0.2, 0.25) is 0 Å². The van der Waals surface area contributed by atoms with E-state index < -0.39 is 11.9 Å². The van der Waals surface area contributed by atoms with Crippen LogP contribution in [0.15, 0.2) is 78.5 Å². The molecule has 1 aromatic heterocycles. The molecule has 0 saturated heterocycles. The van der Waals surface area contributed by atoms with E-state index in [0.717, 1.165) is 20.8 Å². The fraction of sp³-hybridized carbons (Fsp3) is 0.0769. The molecule has 168 valence electrons. The summed E-state index contributed by atoms with van der Waals surface area (Å²) in [6.07, 6.45) is 1.32. The van der Waals surface area contributed by atoms with Gasteiger partial charge in [0.1, 0.15) is 16.6 Å². The van der Waals surface area contributed by atoms with Crippen LogP contribution in [0.3, 0.4) is 0 Å². The molecule has 34 heavy (non-hydrogen) atoms. The van der Waals surface area contributed by atoms with Gasteiger partial charge in [-0.3, -0.25) is 4.79 Å². The lowest BCUT2D eigenvalue weighted by Gasteiger charge is -2.09. The molecule has 0 unspecified atom stereocenters. The molecule has 0 atom stereocenters. The van der Waals surface area contributed by atoms with Crippen LogP contribution in [0.4, 0.5) is 11.4 Å². The number of rotatable bonds is 6. The van der Waals surface area contributed by atoms with Gasteiger partial charge in [0.15, 0.2) is 0 Å². The molecule has 0 bridgehead atoms. The first-order valence-corrected chi connectivity index (χ1v) is 11.1. The maximum atomic E-state index is 12.6. The molecular formula is C26H20N4O3S. The molecule has 2 N–H and O–H groups in total. The average Bonchev–Trinajstić information content (AvgIpc) is 3.28. The van der Waals surface area contributed by atoms with E-state index in [1.165, 1.54) is 24.9 Å². The van der Waals surface area contributed by atoms with Crippen molar-refractivity contribution in [1.29, 1.82) is 5.26 Å². The van der Waals surface area contributed by atoms with Crippen LogP contribution in [-0.2, 0) is 9.53 Å². The largest absolute Gasteiger partial charge is 0.465 e. The van der Waals surface area contributed by atoms with Crippen molar-refractivity contribution < 1.29 is 14.3 Å². The third kappa shape index (κ3) is 4.95. The van der Waals surface area contributed by atoms with Crippen molar-refractivity contribution in [2.45, 2.75) is 6.92 Å². The van der Waals surface area contributed by atoms with E-state index in [9.17, 15) is 14.9 Å². The maximum Gasteiger partial charge on any atom is 0.339 e. The number of nitrogens with one attached hydrogen (secondary N) is 2. The minimum absolute atomic E-state index is 0.148. The summed E-state index contributed by atoms with van der Waals surface area (Å²) in [6.45, 7) is 2.06. The number of benzene rings is 3. The van der Waals surface area contributed by atoms with E-state index in [0.29, 0.717) is 5.69 Å². The van der Waals surface area contributed by atoms with Gasteiger partial charge in [0.25, 0.3) is 5.91 Å². The fourth-order valence-electron chi connectivity index (χ4n) is 3.24. The van der Waals surface area contributed by atoms with E-state index in [2.05, 4.69) is 28.6 Å². The number of ether oxygens (including phenoxy) is 1. The number of methoxy groups -OCH3 is 1. The highest BCUT2D eigenvalue weighted by molar-refractivity contribution is 7.21. The van der Waals surface area contributed by atoms with Crippen molar-refractivity contribution in [2.75, 3.05) is 17.7 Å². The lowest BCUT2D eigenvalue weighted by atomic mass is 10.1. The number of para-hydroxylation sites is 1. The van der Waals surface area contributed by atoms with Gasteiger partial charge < -0.3 is 15.4 Å². The summed E-state index contributed by atoms with van der Waals surface area (Å²) < 4.78 is 5.87. The van der Waals surface area contributed by atoms with Gasteiger partial charge in [-0.1, -0.05) is 18.2 Å². The highest BCUT2D eigenvalue weighted by atomic mass is 32.1. The first-order valence-electron chi connectivity index (χ1n) is 10.3. The van der Waals surface area contributed by atoms with Gasteiger partial charge in [-0.2, -0.15) is 5.26 Å². The predicted octanol–water partition coefficient (Wildman–Crippen LogP) is 5.52. The van der Waals surface area contributed by atoms with Crippen molar-refractivity contribution in [3.63, 3.8) is 0 Å². The maximum absolute atomic E-state index is 12.6. The van der Waals surface area contributed by atoms with E-state index in [1.54, 1.807) is 29.5 Å². The summed E-state index contributed by atoms with van der Waals surface area (Å²) in [7, 11) is 1.26. The van der Waals surface area contributed by atoms with E-state index in [4.69, 9.17) is 4.74 Å². The molecule has 0 aliphatic heterocycles. The van der Waals surface area contributed by atoms with Crippen LogP contribution < -0.4 is 10.6 Å². The Morgan fingerprint density at radius 2 is 1.85 bits per heavy atom. The number of nitriles is 1. The Morgan fingerprint density at radius 1 is 1.09 bits per heavy atom. The van der Waals surface area contributed by atoms with E-state index in [1.807, 2.05) is 42.5 Å². The van der Waals surface area contributed by atoms with Gasteiger partial charge in [-0.05, 0) is 61.0 Å². The molecule has 8 heteroatoms. The number of anilines is 2. The Morgan fingerprint density at radius 3 is 2.59 bits per heavy atom. The number of thiazole rings is 1. The number of carbonyl (C=O) groups is 2. The Hall–Kier alpha value is -4.48. The van der Waals surface area contributed by atoms with Crippen LogP contribution >= 0.6 is 11.3 Å². The summed E-state index contributed by atoms with van der Waals surface area (Å²) in [6, 6.07) is 22.0. The van der Waals surface area contributed by atoms with Crippen molar-refractivity contribution in [3.8, 4) is 16.6 Å². The highest BCUT2D eigenvalue weighted by Crippen LogP contribution is 2.31. The standard InChI is InChI=1S/C26H20N4O3S/c1-16-7-12-22-23(13-16)34-25(30-22)17-8-10-19(11-9-17)28-15-18(14-27)24(31)29-21-6-4-3-5-20(21)26(32)33-2/h3-13,15,28H,1-2H3,(H,29,31)/b18-15-. The monoisotopic (exact) mass is 468 g/mol. The molecule has 3 aromatic carbocycles. The molecule has 4 rings (SSSR count). The van der Waals surface area contributed by atoms with Crippen molar-refractivity contribution in [2.24, 2.45) is 0 Å². The van der Waals surface area contributed by atoms with Crippen LogP contribution in [0, 0.1) is 18.3 Å². The zero-order valence-electron chi connectivity index (χ0n) is 18.5. The second-order valence-corrected chi connectivity index (χ2v) is 8.40. The Balaban J connectivity index is 1.47. The second-order valence-electron chi connectivity index (χ2n) is 7.37. The smallest absolute Gasteiger partial charge is 0.339 e. The molecule has 0 aliphatic carbocycles. The highest BCUT2D eigenvalue weighted by Gasteiger charge is 2.16. The molecule has 0 aliphatic rings. The summed E-state index contributed by atoms with van der Waals surface area (Å²) in [5.74, 6) is -1.23. The molecule has 1 amide bonds. The number of hydrogen-bond acceptors (Lipinski definition) is 7. The van der Waals surface area contributed by atoms with E-state index >= 15 is 0 Å². The predicted molar refractivity (Wildman–Crippen MR) is 134 cm³/mol. The lowest BCUT2D eigenvalue weighted by molar-refractivity contribution is -0.112. The van der Waals surface area contributed by atoms with Crippen molar-refractivity contribution in [3.05, 3.63) is 89.6 Å². The first kappa shape index (κ1) is 22.7. The number of nitrogens with zero attached hydrogens (tertiary/aromatic N) is 2. The molecular weight excluding hydrogens is 448 g/mol. The third-order valence-corrected chi connectivity index (χ3v) is 6.07. The molecule has 0 spiro atoms. The molecule has 0 fully saturated rings. The van der Waals surface area contributed by atoms with Crippen molar-refractivity contribution >= 4 is 44.8 Å². The van der Waals surface area contributed by atoms with Crippen LogP contribution in [0.1, 0.15) is 15.9 Å². The van der Waals surface area contributed by atoms with Gasteiger partial charge in [-0.25, -0.2) is 9.78 Å². The molecule has 7 nitrogen and oxygen atoms in total. The first-order chi connectivity index (χ1) is 16.5. The number of aryl methyl sites for hydroxylation is 1. The van der Waals surface area contributed by atoms with Gasteiger partial charge in [0.05, 0.1) is 28.6 Å². The normalized spacial score (nSPS) is 11.0. The summed E-state index contributed by atoms with van der Waals surface area (Å²) >= 11 is 1.63. The number of hydrogen-bond donors (Lipinski definition) is 2. The minimum atomic E-state index is -0.646. The van der Waals surface area contributed by atoms with Crippen molar-refractivity contribution in [1.82, 2.24) is 4.98 Å². The number of fused-ring (bicyclic) bond motifs is 1. The zero-order chi connectivity index (χ0) is 24.1. The van der Waals surface area contributed by atoms with Crippen LogP contribution in [-0.4, -0.2) is 24.0 Å². The SMILES string of the molecule is COC(=O)c1ccccc1NC(=O)/C(C#N)=C\Nc1ccc(-c2nc3ccc(C)cc3s2)cc1. The summed E-state index contributed by atoms with van der Waals surface area (Å²) in [5, 5.41) is 15.9. The van der Waals surface area contributed by atoms with Crippen LogP contribution in [0.25, 0.3) is 20.8 Å². The summed E-state index contributed by atoms with van der Waals surface area (Å²) in [4.78, 5) is 29.2. The zero-order valence-corrected chi connectivity index (χ0v) is 19.3. The van der Waals surface area contributed by atoms with E-state index in [-0.39, 0.29) is 16.8 Å². The average molecular weight is 469 g/mol. The lowest BCUT2D eigenvalue weighted by Crippen LogP contribution is -2.17. The summed E-state index contributed by atoms with van der Waals surface area (Å²) in [5.41, 5.74) is 4.15. The van der Waals surface area contributed by atoms with Gasteiger partial charge >= 0.3 is 5.97 Å². The van der Waals surface area contributed by atoms with Gasteiger partial charge in [0.2, 0.25) is 0 Å². The number of amides is 1. The Labute approximate surface area is 200 Å². The van der Waals surface area contributed by atoms with Gasteiger partial charge in [-0.15, -0.1) is 11.3 Å². The number of aromatic nitrogens is 1. The Bertz CT molecular complexity index is 1450. The topological polar surface area (TPSA) is 104 Å². The molecule has 1 heterocycles.